The number of nitrogens with one attached hydrogen (secondary N) is 1. The van der Waals surface area contributed by atoms with Crippen LogP contribution in [0.15, 0.2) is 54.6 Å². The molecule has 1 aliphatic carbocycles. The Labute approximate surface area is 187 Å². The molecule has 1 amide bonds. The molecule has 3 aromatic rings. The molecule has 5 rings (SSSR count). The van der Waals surface area contributed by atoms with E-state index in [0.29, 0.717) is 19.1 Å². The number of para-hydroxylation sites is 1. The third kappa shape index (κ3) is 4.13. The highest BCUT2D eigenvalue weighted by Gasteiger charge is 2.33. The first-order chi connectivity index (χ1) is 15.6. The molecule has 164 valence electrons. The molecular formula is C26H27N3O3. The van der Waals surface area contributed by atoms with Gasteiger partial charge in [-0.3, -0.25) is 4.79 Å². The number of hydrogen-bond acceptors (Lipinski definition) is 4. The topological polar surface area (TPSA) is 65.4 Å². The highest BCUT2D eigenvalue weighted by Crippen LogP contribution is 2.43. The normalized spacial score (nSPS) is 16.2. The van der Waals surface area contributed by atoms with Crippen LogP contribution in [-0.2, 0) is 4.79 Å². The lowest BCUT2D eigenvalue weighted by Crippen LogP contribution is -2.28. The maximum absolute atomic E-state index is 12.8. The van der Waals surface area contributed by atoms with E-state index in [-0.39, 0.29) is 11.9 Å². The molecule has 1 fully saturated rings. The summed E-state index contributed by atoms with van der Waals surface area (Å²) >= 11 is 0. The van der Waals surface area contributed by atoms with Gasteiger partial charge in [-0.15, -0.1) is 0 Å². The smallest absolute Gasteiger partial charge is 0.244 e. The van der Waals surface area contributed by atoms with Gasteiger partial charge >= 0.3 is 0 Å². The second-order valence-corrected chi connectivity index (χ2v) is 8.39. The molecule has 1 N–H and O–H groups in total. The highest BCUT2D eigenvalue weighted by molar-refractivity contribution is 5.92. The number of benzene rings is 2. The summed E-state index contributed by atoms with van der Waals surface area (Å²) in [5.74, 6) is 1.87. The molecule has 0 saturated heterocycles. The molecule has 2 aliphatic rings. The predicted octanol–water partition coefficient (Wildman–Crippen LogP) is 4.54. The van der Waals surface area contributed by atoms with Crippen molar-refractivity contribution < 1.29 is 14.3 Å². The third-order valence-corrected chi connectivity index (χ3v) is 6.07. The number of amides is 1. The molecular weight excluding hydrogens is 402 g/mol. The van der Waals surface area contributed by atoms with Gasteiger partial charge in [-0.05, 0) is 68.5 Å². The van der Waals surface area contributed by atoms with Crippen molar-refractivity contribution >= 4 is 12.0 Å². The molecule has 1 saturated carbocycles. The van der Waals surface area contributed by atoms with E-state index in [9.17, 15) is 4.79 Å². The minimum Gasteiger partial charge on any atom is -0.486 e. The summed E-state index contributed by atoms with van der Waals surface area (Å²) < 4.78 is 13.3. The van der Waals surface area contributed by atoms with Gasteiger partial charge in [0.25, 0.3) is 0 Å². The van der Waals surface area contributed by atoms with Crippen molar-refractivity contribution in [1.29, 1.82) is 0 Å². The first-order valence-electron chi connectivity index (χ1n) is 11.1. The van der Waals surface area contributed by atoms with Crippen molar-refractivity contribution in [3.63, 3.8) is 0 Å². The molecule has 2 aromatic carbocycles. The first-order valence-corrected chi connectivity index (χ1v) is 11.1. The molecule has 1 aliphatic heterocycles. The number of rotatable bonds is 6. The van der Waals surface area contributed by atoms with Crippen molar-refractivity contribution in [1.82, 2.24) is 15.1 Å². The summed E-state index contributed by atoms with van der Waals surface area (Å²) in [6.45, 7) is 5.10. The Balaban J connectivity index is 1.33. The van der Waals surface area contributed by atoms with E-state index in [0.717, 1.165) is 52.5 Å². The van der Waals surface area contributed by atoms with Crippen LogP contribution in [-0.4, -0.2) is 28.9 Å². The molecule has 6 heteroatoms. The summed E-state index contributed by atoms with van der Waals surface area (Å²) in [6.07, 6.45) is 5.70. The number of fused-ring (bicyclic) bond motifs is 1. The second kappa shape index (κ2) is 8.54. The van der Waals surface area contributed by atoms with E-state index in [1.165, 1.54) is 0 Å². The summed E-state index contributed by atoms with van der Waals surface area (Å²) in [5.41, 5.74) is 4.92. The van der Waals surface area contributed by atoms with E-state index in [1.54, 1.807) is 6.08 Å². The van der Waals surface area contributed by atoms with E-state index in [4.69, 9.17) is 9.47 Å². The van der Waals surface area contributed by atoms with Gasteiger partial charge < -0.3 is 14.8 Å². The van der Waals surface area contributed by atoms with Gasteiger partial charge in [0.2, 0.25) is 5.91 Å². The molecule has 0 radical (unpaired) electrons. The van der Waals surface area contributed by atoms with Crippen LogP contribution < -0.4 is 14.8 Å². The van der Waals surface area contributed by atoms with Crippen molar-refractivity contribution in [2.45, 2.75) is 32.7 Å². The van der Waals surface area contributed by atoms with Crippen LogP contribution in [0.4, 0.5) is 0 Å². The van der Waals surface area contributed by atoms with E-state index in [1.807, 2.05) is 73.1 Å². The SMILES string of the molecule is Cc1nn(-c2ccccc2)c(C)c1/C=C/C(=O)NC(c1ccc2c(c1)OCCO2)C1CC1. The Morgan fingerprint density at radius 3 is 2.59 bits per heavy atom. The van der Waals surface area contributed by atoms with Crippen LogP contribution >= 0.6 is 0 Å². The summed E-state index contributed by atoms with van der Waals surface area (Å²) in [7, 11) is 0. The van der Waals surface area contributed by atoms with Crippen molar-refractivity contribution in [3.8, 4) is 17.2 Å². The number of nitrogens with zero attached hydrogens (tertiary/aromatic N) is 2. The number of ether oxygens (including phenoxy) is 2. The Morgan fingerprint density at radius 2 is 1.84 bits per heavy atom. The predicted molar refractivity (Wildman–Crippen MR) is 123 cm³/mol. The fraction of sp³-hybridized carbons (Fsp3) is 0.308. The lowest BCUT2D eigenvalue weighted by atomic mass is 10.0. The second-order valence-electron chi connectivity index (χ2n) is 8.39. The average molecular weight is 430 g/mol. The molecule has 0 spiro atoms. The molecule has 6 nitrogen and oxygen atoms in total. The summed E-state index contributed by atoms with van der Waals surface area (Å²) in [4.78, 5) is 12.8. The number of hydrogen-bond donors (Lipinski definition) is 1. The monoisotopic (exact) mass is 429 g/mol. The van der Waals surface area contributed by atoms with Crippen molar-refractivity contribution in [3.05, 3.63) is 77.1 Å². The van der Waals surface area contributed by atoms with Crippen LogP contribution in [0.25, 0.3) is 11.8 Å². The largest absolute Gasteiger partial charge is 0.486 e. The van der Waals surface area contributed by atoms with Gasteiger partial charge in [0.1, 0.15) is 13.2 Å². The van der Waals surface area contributed by atoms with Gasteiger partial charge in [0.15, 0.2) is 11.5 Å². The zero-order valence-electron chi connectivity index (χ0n) is 18.4. The lowest BCUT2D eigenvalue weighted by molar-refractivity contribution is -0.117. The van der Waals surface area contributed by atoms with E-state index < -0.39 is 0 Å². The number of carbonyl (C=O) groups excluding carboxylic acids is 1. The maximum Gasteiger partial charge on any atom is 0.244 e. The van der Waals surface area contributed by atoms with Crippen LogP contribution in [0.3, 0.4) is 0 Å². The molecule has 2 heterocycles. The third-order valence-electron chi connectivity index (χ3n) is 6.07. The van der Waals surface area contributed by atoms with Gasteiger partial charge in [0, 0.05) is 17.3 Å². The molecule has 32 heavy (non-hydrogen) atoms. The van der Waals surface area contributed by atoms with Crippen LogP contribution in [0, 0.1) is 19.8 Å². The molecule has 1 aromatic heterocycles. The molecule has 1 atom stereocenters. The first kappa shape index (κ1) is 20.4. The zero-order valence-corrected chi connectivity index (χ0v) is 18.4. The van der Waals surface area contributed by atoms with Gasteiger partial charge in [-0.25, -0.2) is 4.68 Å². The van der Waals surface area contributed by atoms with Crippen LogP contribution in [0.2, 0.25) is 0 Å². The van der Waals surface area contributed by atoms with Gasteiger partial charge in [0.05, 0.1) is 17.4 Å². The number of carbonyl (C=O) groups is 1. The van der Waals surface area contributed by atoms with Crippen molar-refractivity contribution in [2.24, 2.45) is 5.92 Å². The Morgan fingerprint density at radius 1 is 1.09 bits per heavy atom. The van der Waals surface area contributed by atoms with Gasteiger partial charge in [-0.1, -0.05) is 24.3 Å². The van der Waals surface area contributed by atoms with Gasteiger partial charge in [-0.2, -0.15) is 5.10 Å². The molecule has 1 unspecified atom stereocenters. The Kier molecular flexibility index (Phi) is 5.43. The van der Waals surface area contributed by atoms with E-state index in [2.05, 4.69) is 10.4 Å². The van der Waals surface area contributed by atoms with Crippen LogP contribution in [0.5, 0.6) is 11.5 Å². The Bertz CT molecular complexity index is 1160. The minimum atomic E-state index is -0.108. The average Bonchev–Trinajstić information content (AvgIpc) is 3.62. The quantitative estimate of drug-likeness (QED) is 0.584. The lowest BCUT2D eigenvalue weighted by Gasteiger charge is -2.22. The zero-order chi connectivity index (χ0) is 22.1. The highest BCUT2D eigenvalue weighted by atomic mass is 16.6. The summed E-state index contributed by atoms with van der Waals surface area (Å²) in [6, 6.07) is 15.9. The summed E-state index contributed by atoms with van der Waals surface area (Å²) in [5, 5.41) is 7.85. The van der Waals surface area contributed by atoms with E-state index >= 15 is 0 Å². The fourth-order valence-electron chi connectivity index (χ4n) is 4.23. The Hall–Kier alpha value is -3.54. The minimum absolute atomic E-state index is 0.0304. The maximum atomic E-state index is 12.8. The van der Waals surface area contributed by atoms with Crippen molar-refractivity contribution in [2.75, 3.05) is 13.2 Å². The standard InChI is InChI=1S/C26H27N3O3/c1-17-22(18(2)29(28-17)21-6-4-3-5-7-21)11-13-25(30)27-26(19-8-9-19)20-10-12-23-24(16-20)32-15-14-31-23/h3-7,10-13,16,19,26H,8-9,14-15H2,1-2H3,(H,27,30)/b13-11+. The molecule has 0 bridgehead atoms. The van der Waals surface area contributed by atoms with Crippen LogP contribution in [0.1, 0.15) is 41.4 Å². The number of aryl methyl sites for hydroxylation is 1. The number of aromatic nitrogens is 2. The fourth-order valence-corrected chi connectivity index (χ4v) is 4.23.